The van der Waals surface area contributed by atoms with E-state index in [1.165, 1.54) is 0 Å². The number of rotatable bonds is 2. The first kappa shape index (κ1) is 15.3. The lowest BCUT2D eigenvalue weighted by atomic mass is 10.3. The molecule has 0 aromatic carbocycles. The van der Waals surface area contributed by atoms with Gasteiger partial charge in [-0.05, 0) is 20.3 Å². The number of anilines is 4. The van der Waals surface area contributed by atoms with Crippen LogP contribution in [0.1, 0.15) is 17.8 Å². The van der Waals surface area contributed by atoms with Gasteiger partial charge in [-0.15, -0.1) is 0 Å². The zero-order chi connectivity index (χ0) is 16.4. The number of nitrogen functional groups attached to an aromatic ring is 2. The summed E-state index contributed by atoms with van der Waals surface area (Å²) < 4.78 is 0. The quantitative estimate of drug-likeness (QED) is 0.836. The van der Waals surface area contributed by atoms with Crippen LogP contribution in [-0.4, -0.2) is 46.1 Å². The molecule has 1 aliphatic rings. The first-order chi connectivity index (χ1) is 11.0. The van der Waals surface area contributed by atoms with Gasteiger partial charge in [0.1, 0.15) is 11.6 Å². The summed E-state index contributed by atoms with van der Waals surface area (Å²) in [6, 6.07) is 3.94. The van der Waals surface area contributed by atoms with E-state index in [1.54, 1.807) is 0 Å². The number of hydrogen-bond acceptors (Lipinski definition) is 8. The van der Waals surface area contributed by atoms with Crippen molar-refractivity contribution in [3.05, 3.63) is 23.5 Å². The Balaban J connectivity index is 1.76. The third kappa shape index (κ3) is 3.58. The van der Waals surface area contributed by atoms with Gasteiger partial charge in [-0.3, -0.25) is 0 Å². The molecule has 4 N–H and O–H groups in total. The Morgan fingerprint density at radius 2 is 1.17 bits per heavy atom. The summed E-state index contributed by atoms with van der Waals surface area (Å²) in [6.07, 6.45) is 1.01. The smallest absolute Gasteiger partial charge is 0.222 e. The predicted octanol–water partition coefficient (Wildman–Crippen LogP) is 0.765. The molecule has 0 spiro atoms. The van der Waals surface area contributed by atoms with E-state index in [2.05, 4.69) is 29.7 Å². The van der Waals surface area contributed by atoms with Crippen LogP contribution in [0.3, 0.4) is 0 Å². The Morgan fingerprint density at radius 1 is 0.739 bits per heavy atom. The topological polar surface area (TPSA) is 110 Å². The normalized spacial score (nSPS) is 15.6. The van der Waals surface area contributed by atoms with Crippen LogP contribution in [0, 0.1) is 13.8 Å². The van der Waals surface area contributed by atoms with Crippen molar-refractivity contribution >= 4 is 23.5 Å². The molecule has 0 radical (unpaired) electrons. The number of nitrogens with zero attached hydrogens (tertiary/aromatic N) is 6. The molecule has 1 aliphatic heterocycles. The van der Waals surface area contributed by atoms with Gasteiger partial charge < -0.3 is 21.3 Å². The molecule has 2 aromatic rings. The summed E-state index contributed by atoms with van der Waals surface area (Å²) in [6.45, 7) is 7.39. The molecule has 122 valence electrons. The molecule has 1 fully saturated rings. The van der Waals surface area contributed by atoms with Gasteiger partial charge in [0.25, 0.3) is 0 Å². The van der Waals surface area contributed by atoms with E-state index in [-0.39, 0.29) is 0 Å². The van der Waals surface area contributed by atoms with Crippen molar-refractivity contribution in [3.8, 4) is 0 Å². The molecule has 1 saturated heterocycles. The fraction of sp³-hybridized carbons (Fsp3) is 0.467. The first-order valence-electron chi connectivity index (χ1n) is 7.73. The lowest BCUT2D eigenvalue weighted by Crippen LogP contribution is -2.32. The summed E-state index contributed by atoms with van der Waals surface area (Å²) in [4.78, 5) is 21.5. The van der Waals surface area contributed by atoms with E-state index < -0.39 is 0 Å². The Bertz CT molecular complexity index is 602. The lowest BCUT2D eigenvalue weighted by Gasteiger charge is -2.24. The summed E-state index contributed by atoms with van der Waals surface area (Å²) in [5.41, 5.74) is 13.3. The van der Waals surface area contributed by atoms with Gasteiger partial charge in [-0.2, -0.15) is 9.97 Å². The van der Waals surface area contributed by atoms with Crippen molar-refractivity contribution in [1.82, 2.24) is 19.9 Å². The van der Waals surface area contributed by atoms with E-state index in [0.29, 0.717) is 11.9 Å². The number of aryl methyl sites for hydroxylation is 2. The fourth-order valence-corrected chi connectivity index (χ4v) is 2.85. The maximum Gasteiger partial charge on any atom is 0.222 e. The average molecular weight is 314 g/mol. The molecule has 0 bridgehead atoms. The van der Waals surface area contributed by atoms with Crippen molar-refractivity contribution in [2.75, 3.05) is 47.4 Å². The third-order valence-corrected chi connectivity index (χ3v) is 3.86. The monoisotopic (exact) mass is 314 g/mol. The zero-order valence-corrected chi connectivity index (χ0v) is 13.5. The molecule has 2 aromatic heterocycles. The van der Waals surface area contributed by atoms with E-state index in [9.17, 15) is 0 Å². The maximum absolute atomic E-state index is 5.77. The van der Waals surface area contributed by atoms with Crippen molar-refractivity contribution in [2.45, 2.75) is 20.3 Å². The van der Waals surface area contributed by atoms with Gasteiger partial charge in [0.2, 0.25) is 11.9 Å². The second-order valence-electron chi connectivity index (χ2n) is 5.78. The highest BCUT2D eigenvalue weighted by molar-refractivity contribution is 5.47. The van der Waals surface area contributed by atoms with Crippen molar-refractivity contribution in [3.63, 3.8) is 0 Å². The Morgan fingerprint density at radius 3 is 1.57 bits per heavy atom. The highest BCUT2D eigenvalue weighted by atomic mass is 15.3. The minimum atomic E-state index is 0.320. The fourth-order valence-electron chi connectivity index (χ4n) is 2.85. The van der Waals surface area contributed by atoms with Gasteiger partial charge in [-0.25, -0.2) is 9.97 Å². The van der Waals surface area contributed by atoms with E-state index in [4.69, 9.17) is 11.5 Å². The average Bonchev–Trinajstić information content (AvgIpc) is 2.71. The molecular weight excluding hydrogens is 292 g/mol. The molecule has 8 nitrogen and oxygen atoms in total. The largest absolute Gasteiger partial charge is 0.368 e. The highest BCUT2D eigenvalue weighted by Gasteiger charge is 2.18. The Labute approximate surface area is 135 Å². The number of aromatic nitrogens is 4. The summed E-state index contributed by atoms with van der Waals surface area (Å²) in [7, 11) is 0. The van der Waals surface area contributed by atoms with Crippen molar-refractivity contribution in [1.29, 1.82) is 0 Å². The molecule has 0 aliphatic carbocycles. The third-order valence-electron chi connectivity index (χ3n) is 3.86. The highest BCUT2D eigenvalue weighted by Crippen LogP contribution is 2.19. The molecular formula is C15H22N8. The minimum Gasteiger partial charge on any atom is -0.368 e. The van der Waals surface area contributed by atoms with Crippen LogP contribution < -0.4 is 21.3 Å². The summed E-state index contributed by atoms with van der Waals surface area (Å²) in [5, 5.41) is 0. The van der Waals surface area contributed by atoms with Crippen LogP contribution >= 0.6 is 0 Å². The maximum atomic E-state index is 5.77. The van der Waals surface area contributed by atoms with E-state index in [0.717, 1.165) is 55.6 Å². The van der Waals surface area contributed by atoms with Crippen LogP contribution in [-0.2, 0) is 0 Å². The molecule has 0 atom stereocenters. The molecule has 0 unspecified atom stereocenters. The molecule has 3 heterocycles. The standard InChI is InChI=1S/C15H22N8/c1-10-8-12(20-14(16)18-10)22-4-3-5-23(7-6-22)13-9-11(2)19-15(17)21-13/h8-9H,3-7H2,1-2H3,(H2,16,18,20)(H2,17,19,21). The molecule has 23 heavy (non-hydrogen) atoms. The van der Waals surface area contributed by atoms with Crippen molar-refractivity contribution in [2.24, 2.45) is 0 Å². The number of nitrogens with two attached hydrogens (primary N) is 2. The first-order valence-corrected chi connectivity index (χ1v) is 7.73. The lowest BCUT2D eigenvalue weighted by molar-refractivity contribution is 0.791. The van der Waals surface area contributed by atoms with Crippen molar-refractivity contribution < 1.29 is 0 Å². The molecule has 3 rings (SSSR count). The van der Waals surface area contributed by atoms with Gasteiger partial charge >= 0.3 is 0 Å². The van der Waals surface area contributed by atoms with E-state index in [1.807, 2.05) is 26.0 Å². The van der Waals surface area contributed by atoms with Crippen LogP contribution in [0.5, 0.6) is 0 Å². The van der Waals surface area contributed by atoms with Gasteiger partial charge in [0.05, 0.1) is 0 Å². The van der Waals surface area contributed by atoms with Crippen LogP contribution in [0.25, 0.3) is 0 Å². The SMILES string of the molecule is Cc1cc(N2CCCN(c3cc(C)nc(N)n3)CC2)nc(N)n1. The second kappa shape index (κ2) is 6.23. The Kier molecular flexibility index (Phi) is 4.14. The summed E-state index contributed by atoms with van der Waals surface area (Å²) >= 11 is 0. The molecule has 0 amide bonds. The Hall–Kier alpha value is -2.64. The summed E-state index contributed by atoms with van der Waals surface area (Å²) in [5.74, 6) is 2.41. The van der Waals surface area contributed by atoms with Crippen LogP contribution in [0.4, 0.5) is 23.5 Å². The van der Waals surface area contributed by atoms with Gasteiger partial charge in [0, 0.05) is 49.7 Å². The number of hydrogen-bond donors (Lipinski definition) is 2. The predicted molar refractivity (Wildman–Crippen MR) is 91.4 cm³/mol. The van der Waals surface area contributed by atoms with Gasteiger partial charge in [-0.1, -0.05) is 0 Å². The zero-order valence-electron chi connectivity index (χ0n) is 13.5. The van der Waals surface area contributed by atoms with E-state index >= 15 is 0 Å². The van der Waals surface area contributed by atoms with Crippen LogP contribution in [0.2, 0.25) is 0 Å². The minimum absolute atomic E-state index is 0.320. The second-order valence-corrected chi connectivity index (χ2v) is 5.78. The van der Waals surface area contributed by atoms with Crippen LogP contribution in [0.15, 0.2) is 12.1 Å². The van der Waals surface area contributed by atoms with Gasteiger partial charge in [0.15, 0.2) is 0 Å². The molecule has 0 saturated carbocycles. The molecule has 8 heteroatoms.